The highest BCUT2D eigenvalue weighted by molar-refractivity contribution is 5.84. The van der Waals surface area contributed by atoms with Gasteiger partial charge in [-0.3, -0.25) is 4.79 Å². The number of amides is 1. The fourth-order valence-corrected chi connectivity index (χ4v) is 2.49. The van der Waals surface area contributed by atoms with Crippen LogP contribution in [0.2, 0.25) is 0 Å². The molecule has 1 heterocycles. The van der Waals surface area contributed by atoms with Gasteiger partial charge < -0.3 is 19.5 Å². The van der Waals surface area contributed by atoms with Crippen molar-refractivity contribution in [2.45, 2.75) is 57.2 Å². The Hall–Kier alpha value is -1.14. The Morgan fingerprint density at radius 1 is 1.30 bits per heavy atom. The second kappa shape index (κ2) is 7.04. The molecule has 0 aromatic rings. The first-order chi connectivity index (χ1) is 9.59. The van der Waals surface area contributed by atoms with E-state index in [-0.39, 0.29) is 24.5 Å². The number of ether oxygens (including phenoxy) is 2. The molecule has 2 aliphatic rings. The third-order valence-electron chi connectivity index (χ3n) is 3.84. The third-order valence-corrected chi connectivity index (χ3v) is 3.84. The minimum Gasteiger partial charge on any atom is -0.480 e. The number of carbonyl (C=O) groups is 2. The highest BCUT2D eigenvalue weighted by atomic mass is 16.5. The van der Waals surface area contributed by atoms with Crippen LogP contribution in [0.25, 0.3) is 0 Å². The summed E-state index contributed by atoms with van der Waals surface area (Å²) in [6, 6.07) is -0.644. The van der Waals surface area contributed by atoms with E-state index in [0.717, 1.165) is 25.7 Å². The van der Waals surface area contributed by atoms with Crippen molar-refractivity contribution in [3.63, 3.8) is 0 Å². The molecule has 20 heavy (non-hydrogen) atoms. The summed E-state index contributed by atoms with van der Waals surface area (Å²) in [7, 11) is 0. The Morgan fingerprint density at radius 3 is 2.50 bits per heavy atom. The molecule has 0 aromatic heterocycles. The predicted molar refractivity (Wildman–Crippen MR) is 71.4 cm³/mol. The van der Waals surface area contributed by atoms with Crippen molar-refractivity contribution in [1.82, 2.24) is 4.90 Å². The summed E-state index contributed by atoms with van der Waals surface area (Å²) < 4.78 is 10.9. The highest BCUT2D eigenvalue weighted by Gasteiger charge is 2.38. The maximum absolute atomic E-state index is 12.2. The van der Waals surface area contributed by atoms with Crippen molar-refractivity contribution in [2.75, 3.05) is 19.8 Å². The van der Waals surface area contributed by atoms with E-state index in [2.05, 4.69) is 0 Å². The van der Waals surface area contributed by atoms with Crippen LogP contribution in [-0.2, 0) is 19.1 Å². The van der Waals surface area contributed by atoms with Gasteiger partial charge >= 0.3 is 5.97 Å². The maximum Gasteiger partial charge on any atom is 0.326 e. The molecular formula is C14H23NO5. The van der Waals surface area contributed by atoms with Crippen molar-refractivity contribution >= 4 is 11.9 Å². The second-order valence-electron chi connectivity index (χ2n) is 5.48. The van der Waals surface area contributed by atoms with Crippen molar-refractivity contribution in [2.24, 2.45) is 0 Å². The lowest BCUT2D eigenvalue weighted by molar-refractivity contribution is -0.150. The standard InChI is InChI=1S/C14H23NO5/c1-10(14(17)18)15(11-2-3-11)13(16)6-9-20-12-4-7-19-8-5-12/h10-12H,2-9H2,1H3,(H,17,18). The molecule has 114 valence electrons. The average molecular weight is 285 g/mol. The van der Waals surface area contributed by atoms with Crippen LogP contribution in [0.4, 0.5) is 0 Å². The quantitative estimate of drug-likeness (QED) is 0.756. The van der Waals surface area contributed by atoms with Crippen LogP contribution in [0.3, 0.4) is 0 Å². The topological polar surface area (TPSA) is 76.1 Å². The number of hydrogen-bond donors (Lipinski definition) is 1. The minimum absolute atomic E-state index is 0.108. The van der Waals surface area contributed by atoms with E-state index in [1.165, 1.54) is 4.90 Å². The number of nitrogens with zero attached hydrogens (tertiary/aromatic N) is 1. The monoisotopic (exact) mass is 285 g/mol. The van der Waals surface area contributed by atoms with E-state index in [1.54, 1.807) is 6.92 Å². The molecule has 1 unspecified atom stereocenters. The van der Waals surface area contributed by atoms with Crippen LogP contribution in [0.5, 0.6) is 0 Å². The molecule has 2 rings (SSSR count). The Balaban J connectivity index is 1.75. The van der Waals surface area contributed by atoms with Gasteiger partial charge in [0.25, 0.3) is 0 Å². The molecule has 1 saturated heterocycles. The number of aliphatic carboxylic acids is 1. The zero-order chi connectivity index (χ0) is 14.5. The summed E-state index contributed by atoms with van der Waals surface area (Å²) in [4.78, 5) is 24.7. The zero-order valence-corrected chi connectivity index (χ0v) is 11.9. The smallest absolute Gasteiger partial charge is 0.326 e. The summed E-state index contributed by atoms with van der Waals surface area (Å²) in [5, 5.41) is 9.07. The Morgan fingerprint density at radius 2 is 1.95 bits per heavy atom. The molecule has 0 spiro atoms. The first-order valence-corrected chi connectivity index (χ1v) is 7.33. The van der Waals surface area contributed by atoms with Gasteiger partial charge in [0.15, 0.2) is 0 Å². The lowest BCUT2D eigenvalue weighted by atomic mass is 10.1. The normalized spacial score (nSPS) is 21.4. The van der Waals surface area contributed by atoms with E-state index in [1.807, 2.05) is 0 Å². The first kappa shape index (κ1) is 15.3. The van der Waals surface area contributed by atoms with E-state index < -0.39 is 12.0 Å². The number of carboxylic acids is 1. The van der Waals surface area contributed by atoms with E-state index in [9.17, 15) is 9.59 Å². The van der Waals surface area contributed by atoms with Crippen molar-refractivity contribution < 1.29 is 24.2 Å². The third kappa shape index (κ3) is 4.18. The molecule has 0 bridgehead atoms. The van der Waals surface area contributed by atoms with E-state index in [4.69, 9.17) is 14.6 Å². The molecular weight excluding hydrogens is 262 g/mol. The van der Waals surface area contributed by atoms with Crippen LogP contribution >= 0.6 is 0 Å². The molecule has 6 nitrogen and oxygen atoms in total. The van der Waals surface area contributed by atoms with Crippen LogP contribution in [0.15, 0.2) is 0 Å². The van der Waals surface area contributed by atoms with Crippen LogP contribution in [0.1, 0.15) is 39.0 Å². The van der Waals surface area contributed by atoms with Crippen LogP contribution in [0, 0.1) is 0 Å². The highest BCUT2D eigenvalue weighted by Crippen LogP contribution is 2.29. The molecule has 0 radical (unpaired) electrons. The summed E-state index contributed by atoms with van der Waals surface area (Å²) in [6.45, 7) is 3.35. The van der Waals surface area contributed by atoms with Gasteiger partial charge in [0, 0.05) is 19.3 Å². The predicted octanol–water partition coefficient (Wildman–Crippen LogP) is 1.04. The molecule has 1 N–H and O–H groups in total. The van der Waals surface area contributed by atoms with Crippen LogP contribution < -0.4 is 0 Å². The molecule has 1 aliphatic heterocycles. The van der Waals surface area contributed by atoms with Gasteiger partial charge in [-0.05, 0) is 32.6 Å². The molecule has 1 atom stereocenters. The first-order valence-electron chi connectivity index (χ1n) is 7.33. The minimum atomic E-state index is -0.949. The summed E-state index contributed by atoms with van der Waals surface area (Å²) >= 11 is 0. The molecule has 6 heteroatoms. The fourth-order valence-electron chi connectivity index (χ4n) is 2.49. The van der Waals surface area contributed by atoms with Crippen LogP contribution in [-0.4, -0.2) is 59.9 Å². The Kier molecular flexibility index (Phi) is 5.37. The van der Waals surface area contributed by atoms with Gasteiger partial charge in [-0.1, -0.05) is 0 Å². The summed E-state index contributed by atoms with van der Waals surface area (Å²) in [5.41, 5.74) is 0. The number of rotatable bonds is 7. The molecule has 1 aliphatic carbocycles. The SMILES string of the molecule is CC(C(=O)O)N(C(=O)CCOC1CCOCC1)C1CC1. The number of carboxylic acid groups (broad SMARTS) is 1. The Bertz CT molecular complexity index is 349. The van der Waals surface area contributed by atoms with Gasteiger partial charge in [-0.15, -0.1) is 0 Å². The summed E-state index contributed by atoms with van der Waals surface area (Å²) in [6.07, 6.45) is 3.97. The second-order valence-corrected chi connectivity index (χ2v) is 5.48. The summed E-state index contributed by atoms with van der Waals surface area (Å²) in [5.74, 6) is -1.06. The fraction of sp³-hybridized carbons (Fsp3) is 0.857. The number of hydrogen-bond acceptors (Lipinski definition) is 4. The molecule has 1 amide bonds. The lowest BCUT2D eigenvalue weighted by Crippen LogP contribution is -2.45. The molecule has 0 aromatic carbocycles. The van der Waals surface area contributed by atoms with Crippen molar-refractivity contribution in [3.8, 4) is 0 Å². The largest absolute Gasteiger partial charge is 0.480 e. The maximum atomic E-state index is 12.2. The van der Waals surface area contributed by atoms with Gasteiger partial charge in [-0.25, -0.2) is 4.79 Å². The van der Waals surface area contributed by atoms with Gasteiger partial charge in [0.1, 0.15) is 6.04 Å². The lowest BCUT2D eigenvalue weighted by Gasteiger charge is -2.27. The average Bonchev–Trinajstić information content (AvgIpc) is 3.24. The Labute approximate surface area is 119 Å². The van der Waals surface area contributed by atoms with E-state index in [0.29, 0.717) is 19.8 Å². The van der Waals surface area contributed by atoms with Crippen molar-refractivity contribution in [1.29, 1.82) is 0 Å². The molecule has 2 fully saturated rings. The van der Waals surface area contributed by atoms with Crippen molar-refractivity contribution in [3.05, 3.63) is 0 Å². The number of carbonyl (C=O) groups excluding carboxylic acids is 1. The van der Waals surface area contributed by atoms with Gasteiger partial charge in [0.05, 0.1) is 19.1 Å². The van der Waals surface area contributed by atoms with E-state index >= 15 is 0 Å². The van der Waals surface area contributed by atoms with Gasteiger partial charge in [0.2, 0.25) is 5.91 Å². The molecule has 1 saturated carbocycles. The zero-order valence-electron chi connectivity index (χ0n) is 11.9. The van der Waals surface area contributed by atoms with Gasteiger partial charge in [-0.2, -0.15) is 0 Å².